The molecule has 0 unspecified atom stereocenters. The fraction of sp³-hybridized carbons (Fsp3) is 0.167. The number of aromatic nitrogens is 3. The Kier molecular flexibility index (Phi) is 4.19. The summed E-state index contributed by atoms with van der Waals surface area (Å²) in [6.45, 7) is -0.0326. The lowest BCUT2D eigenvalue weighted by molar-refractivity contribution is -0.141. The van der Waals surface area contributed by atoms with E-state index in [2.05, 4.69) is 15.0 Å². The number of hydrogen-bond acceptors (Lipinski definition) is 5. The second-order valence-corrected chi connectivity index (χ2v) is 4.23. The first kappa shape index (κ1) is 13.2. The van der Waals surface area contributed by atoms with Crippen molar-refractivity contribution in [2.24, 2.45) is 0 Å². The highest BCUT2D eigenvalue weighted by Gasteiger charge is 2.12. The molecule has 0 fully saturated rings. The number of methoxy groups -OCH3 is 1. The van der Waals surface area contributed by atoms with Crippen molar-refractivity contribution in [3.63, 3.8) is 0 Å². The van der Waals surface area contributed by atoms with Crippen LogP contribution in [0.1, 0.15) is 11.3 Å². The maximum atomic E-state index is 11.2. The Labute approximate surface area is 113 Å². The molecule has 1 heterocycles. The van der Waals surface area contributed by atoms with E-state index in [1.165, 1.54) is 11.8 Å². The van der Waals surface area contributed by atoms with Gasteiger partial charge in [-0.1, -0.05) is 35.5 Å². The van der Waals surface area contributed by atoms with Crippen LogP contribution in [0.25, 0.3) is 0 Å². The Bertz CT molecular complexity index is 633. The average Bonchev–Trinajstić information content (AvgIpc) is 2.89. The fourth-order valence-corrected chi connectivity index (χ4v) is 1.92. The normalized spacial score (nSPS) is 9.95. The molecule has 6 nitrogen and oxygen atoms in total. The summed E-state index contributed by atoms with van der Waals surface area (Å²) in [5.74, 6) is -0.424. The molecule has 2 aromatic rings. The smallest absolute Gasteiger partial charge is 0.327 e. The largest absolute Gasteiger partial charge is 0.468 e. The van der Waals surface area contributed by atoms with E-state index in [0.717, 1.165) is 5.56 Å². The van der Waals surface area contributed by atoms with Gasteiger partial charge in [-0.2, -0.15) is 0 Å². The third-order valence-electron chi connectivity index (χ3n) is 2.41. The van der Waals surface area contributed by atoms with E-state index < -0.39 is 5.97 Å². The van der Waals surface area contributed by atoms with Crippen molar-refractivity contribution in [3.05, 3.63) is 47.8 Å². The molecule has 0 aliphatic carbocycles. The van der Waals surface area contributed by atoms with Gasteiger partial charge in [0.05, 0.1) is 24.6 Å². The second kappa shape index (κ2) is 6.05. The molecule has 0 atom stereocenters. The van der Waals surface area contributed by atoms with Crippen molar-refractivity contribution in [2.75, 3.05) is 7.11 Å². The molecule has 0 spiro atoms. The first-order valence-corrected chi connectivity index (χ1v) is 6.18. The van der Waals surface area contributed by atoms with Crippen molar-refractivity contribution < 1.29 is 13.7 Å². The van der Waals surface area contributed by atoms with Gasteiger partial charge in [0.25, 0.3) is 0 Å². The van der Waals surface area contributed by atoms with Crippen molar-refractivity contribution in [3.8, 4) is 0 Å². The molecule has 0 aliphatic rings. The van der Waals surface area contributed by atoms with Crippen LogP contribution in [0, 0.1) is 0 Å². The Morgan fingerprint density at radius 1 is 1.37 bits per heavy atom. The fourth-order valence-electron chi connectivity index (χ4n) is 1.50. The zero-order chi connectivity index (χ0) is 13.7. The van der Waals surface area contributed by atoms with Crippen molar-refractivity contribution >= 4 is 22.1 Å². The van der Waals surface area contributed by atoms with Crippen LogP contribution in [0.15, 0.2) is 36.5 Å². The number of carbonyl (C=O) groups excluding carboxylic acids is 1. The van der Waals surface area contributed by atoms with Gasteiger partial charge < -0.3 is 4.74 Å². The molecule has 7 heteroatoms. The SMILES string of the molecule is COC(=O)Cn1cc(C(=S=O)c2ccccc2)nn1. The van der Waals surface area contributed by atoms with Gasteiger partial charge in [-0.25, -0.2) is 8.89 Å². The molecule has 98 valence electrons. The van der Waals surface area contributed by atoms with Gasteiger partial charge >= 0.3 is 5.97 Å². The highest BCUT2D eigenvalue weighted by atomic mass is 32.1. The number of nitrogens with zero attached hydrogens (tertiary/aromatic N) is 3. The number of rotatable bonds is 4. The quantitative estimate of drug-likeness (QED) is 0.454. The van der Waals surface area contributed by atoms with Crippen LogP contribution in [-0.4, -0.2) is 37.1 Å². The zero-order valence-electron chi connectivity index (χ0n) is 10.1. The minimum atomic E-state index is -0.424. The summed E-state index contributed by atoms with van der Waals surface area (Å²) in [6.07, 6.45) is 1.55. The van der Waals surface area contributed by atoms with Gasteiger partial charge in [0.1, 0.15) is 17.1 Å². The number of benzene rings is 1. The molecule has 0 radical (unpaired) electrons. The van der Waals surface area contributed by atoms with Crippen LogP contribution in [0.4, 0.5) is 0 Å². The van der Waals surface area contributed by atoms with Crippen molar-refractivity contribution in [1.29, 1.82) is 0 Å². The molecule has 19 heavy (non-hydrogen) atoms. The maximum absolute atomic E-state index is 11.2. The van der Waals surface area contributed by atoms with Gasteiger partial charge in [-0.15, -0.1) is 5.10 Å². The van der Waals surface area contributed by atoms with Crippen LogP contribution in [-0.2, 0) is 27.3 Å². The molecule has 0 amide bonds. The van der Waals surface area contributed by atoms with E-state index >= 15 is 0 Å². The van der Waals surface area contributed by atoms with Gasteiger partial charge in [-0.05, 0) is 5.56 Å². The summed E-state index contributed by atoms with van der Waals surface area (Å²) in [7, 11) is 1.30. The van der Waals surface area contributed by atoms with E-state index in [0.29, 0.717) is 21.8 Å². The molecular formula is C12H11N3O3S. The monoisotopic (exact) mass is 277 g/mol. The van der Waals surface area contributed by atoms with E-state index in [1.54, 1.807) is 6.20 Å². The first-order valence-electron chi connectivity index (χ1n) is 5.44. The Morgan fingerprint density at radius 2 is 2.11 bits per heavy atom. The third-order valence-corrected chi connectivity index (χ3v) is 3.02. The molecular weight excluding hydrogens is 266 g/mol. The Hall–Kier alpha value is -2.28. The van der Waals surface area contributed by atoms with Crippen LogP contribution in [0.3, 0.4) is 0 Å². The lowest BCUT2D eigenvalue weighted by Crippen LogP contribution is -2.12. The highest BCUT2D eigenvalue weighted by Crippen LogP contribution is 2.06. The standard InChI is InChI=1S/C12H11N3O3S/c1-18-11(16)8-15-7-10(13-14-15)12(19-17)9-5-3-2-4-6-9/h2-7H,8H2,1H3. The van der Waals surface area contributed by atoms with Gasteiger partial charge in [0.2, 0.25) is 0 Å². The summed E-state index contributed by atoms with van der Waals surface area (Å²) in [4.78, 5) is 11.6. The predicted octanol–water partition coefficient (Wildman–Crippen LogP) is 0.233. The number of esters is 1. The van der Waals surface area contributed by atoms with Crippen LogP contribution < -0.4 is 0 Å². The molecule has 2 rings (SSSR count). The highest BCUT2D eigenvalue weighted by molar-refractivity contribution is 7.67. The lowest BCUT2D eigenvalue weighted by atomic mass is 10.1. The summed E-state index contributed by atoms with van der Waals surface area (Å²) in [6, 6.07) is 9.18. The summed E-state index contributed by atoms with van der Waals surface area (Å²) < 4.78 is 17.1. The summed E-state index contributed by atoms with van der Waals surface area (Å²) in [5.41, 5.74) is 1.21. The van der Waals surface area contributed by atoms with Crippen LogP contribution in [0.5, 0.6) is 0 Å². The first-order chi connectivity index (χ1) is 9.24. The van der Waals surface area contributed by atoms with Gasteiger partial charge in [0, 0.05) is 0 Å². The Balaban J connectivity index is 2.27. The minimum Gasteiger partial charge on any atom is -0.468 e. The third kappa shape index (κ3) is 3.14. The van der Waals surface area contributed by atoms with Crippen molar-refractivity contribution in [2.45, 2.75) is 6.54 Å². The molecule has 0 saturated heterocycles. The number of hydrogen-bond donors (Lipinski definition) is 0. The summed E-state index contributed by atoms with van der Waals surface area (Å²) in [5, 5.41) is 7.69. The minimum absolute atomic E-state index is 0.0326. The number of carbonyl (C=O) groups is 1. The topological polar surface area (TPSA) is 74.1 Å². The average molecular weight is 277 g/mol. The number of ether oxygens (including phenoxy) is 1. The molecule has 0 bridgehead atoms. The Morgan fingerprint density at radius 3 is 2.74 bits per heavy atom. The molecule has 1 aromatic carbocycles. The van der Waals surface area contributed by atoms with Crippen molar-refractivity contribution in [1.82, 2.24) is 15.0 Å². The molecule has 0 N–H and O–H groups in total. The lowest BCUT2D eigenvalue weighted by Gasteiger charge is -1.98. The zero-order valence-corrected chi connectivity index (χ0v) is 11.0. The molecule has 0 aliphatic heterocycles. The van der Waals surface area contributed by atoms with E-state index in [4.69, 9.17) is 0 Å². The summed E-state index contributed by atoms with van der Waals surface area (Å²) >= 11 is 0.349. The molecule has 0 saturated carbocycles. The van der Waals surface area contributed by atoms with Crippen LogP contribution >= 0.6 is 0 Å². The maximum Gasteiger partial charge on any atom is 0.327 e. The van der Waals surface area contributed by atoms with Gasteiger partial charge in [0.15, 0.2) is 0 Å². The molecule has 1 aromatic heterocycles. The second-order valence-electron chi connectivity index (χ2n) is 3.66. The predicted molar refractivity (Wildman–Crippen MR) is 69.8 cm³/mol. The van der Waals surface area contributed by atoms with E-state index in [9.17, 15) is 9.00 Å². The van der Waals surface area contributed by atoms with E-state index in [1.807, 2.05) is 30.3 Å². The van der Waals surface area contributed by atoms with Crippen LogP contribution in [0.2, 0.25) is 0 Å². The van der Waals surface area contributed by atoms with E-state index in [-0.39, 0.29) is 6.54 Å². The van der Waals surface area contributed by atoms with Gasteiger partial charge in [-0.3, -0.25) is 4.79 Å².